The Morgan fingerprint density at radius 2 is 1.73 bits per heavy atom. The van der Waals surface area contributed by atoms with E-state index < -0.39 is 5.97 Å². The van der Waals surface area contributed by atoms with Gasteiger partial charge < -0.3 is 15.3 Å². The average molecular weight is 363 g/mol. The van der Waals surface area contributed by atoms with Gasteiger partial charge in [0.05, 0.1) is 12.7 Å². The lowest BCUT2D eigenvalue weighted by molar-refractivity contribution is -0.137. The van der Waals surface area contributed by atoms with E-state index in [0.717, 1.165) is 50.5 Å². The SMILES string of the molecule is CC(C)(CO)c1ccc([C@@H]2[C@@H](CCCCCCC(=O)O)CC[C@H]2O)cc1. The molecular formula is C22H34O4. The fourth-order valence-electron chi connectivity index (χ4n) is 4.16. The number of rotatable bonds is 10. The second kappa shape index (κ2) is 9.52. The third-order valence-electron chi connectivity index (χ3n) is 5.94. The number of aliphatic carboxylic acids is 1. The highest BCUT2D eigenvalue weighted by Crippen LogP contribution is 2.43. The van der Waals surface area contributed by atoms with E-state index in [1.54, 1.807) is 0 Å². The normalized spacial score (nSPS) is 23.3. The molecule has 3 atom stereocenters. The third kappa shape index (κ3) is 5.55. The summed E-state index contributed by atoms with van der Waals surface area (Å²) in [4.78, 5) is 10.5. The zero-order chi connectivity index (χ0) is 19.2. The number of aliphatic hydroxyl groups is 2. The number of hydrogen-bond donors (Lipinski definition) is 3. The van der Waals surface area contributed by atoms with E-state index in [2.05, 4.69) is 24.3 Å². The standard InChI is InChI=1S/C22H34O4/c1-22(2,15-23)18-12-9-17(10-13-18)21-16(11-14-19(21)24)7-5-3-4-6-8-20(25)26/h9-10,12-13,16,19,21,23-24H,3-8,11,14-15H2,1-2H3,(H,25,26)/t16-,19+,21-/m0/s1. The predicted molar refractivity (Wildman–Crippen MR) is 103 cm³/mol. The van der Waals surface area contributed by atoms with E-state index in [0.29, 0.717) is 5.92 Å². The average Bonchev–Trinajstić information content (AvgIpc) is 2.98. The van der Waals surface area contributed by atoms with Crippen molar-refractivity contribution < 1.29 is 20.1 Å². The Kier molecular flexibility index (Phi) is 7.66. The number of benzene rings is 1. The number of unbranched alkanes of at least 4 members (excludes halogenated alkanes) is 3. The quantitative estimate of drug-likeness (QED) is 0.544. The van der Waals surface area contributed by atoms with Crippen LogP contribution in [0.3, 0.4) is 0 Å². The molecule has 0 bridgehead atoms. The number of carbonyl (C=O) groups is 1. The molecule has 0 aromatic heterocycles. The molecule has 0 saturated heterocycles. The van der Waals surface area contributed by atoms with E-state index in [-0.39, 0.29) is 30.5 Å². The van der Waals surface area contributed by atoms with Crippen molar-refractivity contribution in [1.29, 1.82) is 0 Å². The van der Waals surface area contributed by atoms with Gasteiger partial charge in [-0.3, -0.25) is 4.79 Å². The Bertz CT molecular complexity index is 564. The lowest BCUT2D eigenvalue weighted by Gasteiger charge is -2.26. The van der Waals surface area contributed by atoms with Gasteiger partial charge in [-0.15, -0.1) is 0 Å². The molecule has 4 nitrogen and oxygen atoms in total. The number of aliphatic hydroxyl groups excluding tert-OH is 2. The van der Waals surface area contributed by atoms with E-state index >= 15 is 0 Å². The first kappa shape index (κ1) is 20.9. The van der Waals surface area contributed by atoms with Gasteiger partial charge in [0.25, 0.3) is 0 Å². The van der Waals surface area contributed by atoms with Gasteiger partial charge in [-0.05, 0) is 42.7 Å². The Morgan fingerprint density at radius 3 is 2.35 bits per heavy atom. The molecule has 1 aliphatic carbocycles. The van der Waals surface area contributed by atoms with Crippen molar-refractivity contribution in [2.45, 2.75) is 82.7 Å². The van der Waals surface area contributed by atoms with Gasteiger partial charge in [0.2, 0.25) is 0 Å². The van der Waals surface area contributed by atoms with E-state index in [9.17, 15) is 15.0 Å². The summed E-state index contributed by atoms with van der Waals surface area (Å²) in [7, 11) is 0. The minimum Gasteiger partial charge on any atom is -0.481 e. The van der Waals surface area contributed by atoms with E-state index in [4.69, 9.17) is 5.11 Å². The highest BCUT2D eigenvalue weighted by molar-refractivity contribution is 5.66. The van der Waals surface area contributed by atoms with Gasteiger partial charge >= 0.3 is 5.97 Å². The summed E-state index contributed by atoms with van der Waals surface area (Å²) in [5.74, 6) is -0.0155. The Balaban J connectivity index is 1.90. The van der Waals surface area contributed by atoms with Crippen molar-refractivity contribution in [1.82, 2.24) is 0 Å². The zero-order valence-corrected chi connectivity index (χ0v) is 16.2. The fourth-order valence-corrected chi connectivity index (χ4v) is 4.16. The first-order chi connectivity index (χ1) is 12.3. The highest BCUT2D eigenvalue weighted by Gasteiger charge is 2.35. The highest BCUT2D eigenvalue weighted by atomic mass is 16.4. The van der Waals surface area contributed by atoms with Crippen LogP contribution in [0.5, 0.6) is 0 Å². The Hall–Kier alpha value is -1.39. The molecule has 2 rings (SSSR count). The molecule has 146 valence electrons. The molecule has 26 heavy (non-hydrogen) atoms. The van der Waals surface area contributed by atoms with Crippen LogP contribution in [0.1, 0.15) is 82.3 Å². The summed E-state index contributed by atoms with van der Waals surface area (Å²) in [6.45, 7) is 4.17. The minimum absolute atomic E-state index is 0.114. The van der Waals surface area contributed by atoms with Crippen LogP contribution in [0.25, 0.3) is 0 Å². The van der Waals surface area contributed by atoms with Crippen LogP contribution >= 0.6 is 0 Å². The summed E-state index contributed by atoms with van der Waals surface area (Å²) >= 11 is 0. The van der Waals surface area contributed by atoms with Crippen molar-refractivity contribution in [2.24, 2.45) is 5.92 Å². The van der Waals surface area contributed by atoms with Crippen LogP contribution in [0, 0.1) is 5.92 Å². The van der Waals surface area contributed by atoms with Crippen molar-refractivity contribution in [2.75, 3.05) is 6.61 Å². The molecule has 0 radical (unpaired) electrons. The second-order valence-electron chi connectivity index (χ2n) is 8.44. The van der Waals surface area contributed by atoms with Crippen LogP contribution in [0.15, 0.2) is 24.3 Å². The largest absolute Gasteiger partial charge is 0.481 e. The molecule has 0 spiro atoms. The summed E-state index contributed by atoms with van der Waals surface area (Å²) in [5, 5.41) is 28.7. The van der Waals surface area contributed by atoms with Gasteiger partial charge in [-0.25, -0.2) is 0 Å². The predicted octanol–water partition coefficient (Wildman–Crippen LogP) is 4.24. The van der Waals surface area contributed by atoms with Gasteiger partial charge in [-0.2, -0.15) is 0 Å². The lowest BCUT2D eigenvalue weighted by atomic mass is 9.81. The third-order valence-corrected chi connectivity index (χ3v) is 5.94. The molecule has 1 aliphatic rings. The van der Waals surface area contributed by atoms with Crippen molar-refractivity contribution in [3.63, 3.8) is 0 Å². The van der Waals surface area contributed by atoms with Crippen molar-refractivity contribution >= 4 is 5.97 Å². The molecule has 0 amide bonds. The first-order valence-electron chi connectivity index (χ1n) is 9.96. The smallest absolute Gasteiger partial charge is 0.303 e. The van der Waals surface area contributed by atoms with Crippen molar-refractivity contribution in [3.8, 4) is 0 Å². The van der Waals surface area contributed by atoms with Gasteiger partial charge in [0, 0.05) is 17.8 Å². The van der Waals surface area contributed by atoms with Gasteiger partial charge in [-0.1, -0.05) is 57.4 Å². The molecule has 1 aromatic carbocycles. The maximum Gasteiger partial charge on any atom is 0.303 e. The van der Waals surface area contributed by atoms with Crippen LogP contribution in [-0.2, 0) is 10.2 Å². The Morgan fingerprint density at radius 1 is 1.08 bits per heavy atom. The lowest BCUT2D eigenvalue weighted by Crippen LogP contribution is -2.22. The van der Waals surface area contributed by atoms with Gasteiger partial charge in [0.15, 0.2) is 0 Å². The second-order valence-corrected chi connectivity index (χ2v) is 8.44. The molecule has 0 heterocycles. The van der Waals surface area contributed by atoms with Crippen molar-refractivity contribution in [3.05, 3.63) is 35.4 Å². The van der Waals surface area contributed by atoms with E-state index in [1.165, 1.54) is 5.56 Å². The fraction of sp³-hybridized carbons (Fsp3) is 0.682. The maximum absolute atomic E-state index is 10.5. The molecule has 0 aliphatic heterocycles. The maximum atomic E-state index is 10.5. The summed E-state index contributed by atoms with van der Waals surface area (Å²) in [5.41, 5.74) is 2.07. The molecule has 0 unspecified atom stereocenters. The summed E-state index contributed by atoms with van der Waals surface area (Å²) < 4.78 is 0. The minimum atomic E-state index is -0.711. The number of carboxylic acids is 1. The van der Waals surface area contributed by atoms with Crippen LogP contribution < -0.4 is 0 Å². The molecule has 1 saturated carbocycles. The molecule has 4 heteroatoms. The topological polar surface area (TPSA) is 77.8 Å². The van der Waals surface area contributed by atoms with Crippen LogP contribution in [0.4, 0.5) is 0 Å². The first-order valence-corrected chi connectivity index (χ1v) is 9.96. The number of carboxylic acid groups (broad SMARTS) is 1. The summed E-state index contributed by atoms with van der Waals surface area (Å²) in [6, 6.07) is 8.40. The molecular weight excluding hydrogens is 328 g/mol. The summed E-state index contributed by atoms with van der Waals surface area (Å²) in [6.07, 6.45) is 6.90. The number of hydrogen-bond acceptors (Lipinski definition) is 3. The molecule has 3 N–H and O–H groups in total. The monoisotopic (exact) mass is 362 g/mol. The molecule has 1 aromatic rings. The van der Waals surface area contributed by atoms with Crippen LogP contribution in [0.2, 0.25) is 0 Å². The van der Waals surface area contributed by atoms with Crippen LogP contribution in [-0.4, -0.2) is 34.0 Å². The van der Waals surface area contributed by atoms with E-state index in [1.807, 2.05) is 13.8 Å². The molecule has 1 fully saturated rings. The van der Waals surface area contributed by atoms with Gasteiger partial charge in [0.1, 0.15) is 0 Å². The zero-order valence-electron chi connectivity index (χ0n) is 16.2. The Labute approximate surface area is 157 Å².